The van der Waals surface area contributed by atoms with Gasteiger partial charge in [0.25, 0.3) is 10.0 Å². The Labute approximate surface area is 179 Å². The summed E-state index contributed by atoms with van der Waals surface area (Å²) in [5.41, 5.74) is 1.96. The standard InChI is InChI=1S/C22H28N2O4S2/c1-23(2)29(25,26)18-10-12-19(13-11-18)30(27,28)24-17-16-22(14-6-3-7-15-22)20-8-4-5-9-21(20)24/h4-5,8-13H,3,6-7,14-17H2,1-2H3. The van der Waals surface area contributed by atoms with Crippen LogP contribution in [-0.2, 0) is 25.5 Å². The van der Waals surface area contributed by atoms with Crippen molar-refractivity contribution in [3.05, 3.63) is 54.1 Å². The van der Waals surface area contributed by atoms with Crippen molar-refractivity contribution >= 4 is 25.7 Å². The number of fused-ring (bicyclic) bond motifs is 2. The number of nitrogens with zero attached hydrogens (tertiary/aromatic N) is 2. The van der Waals surface area contributed by atoms with Crippen LogP contribution in [0.1, 0.15) is 44.1 Å². The highest BCUT2D eigenvalue weighted by Crippen LogP contribution is 2.49. The summed E-state index contributed by atoms with van der Waals surface area (Å²) in [7, 11) is -4.49. The molecule has 1 aliphatic heterocycles. The number of hydrogen-bond donors (Lipinski definition) is 0. The molecular formula is C22H28N2O4S2. The number of anilines is 1. The summed E-state index contributed by atoms with van der Waals surface area (Å²) >= 11 is 0. The Kier molecular flexibility index (Phi) is 5.45. The minimum Gasteiger partial charge on any atom is -0.266 e. The van der Waals surface area contributed by atoms with Gasteiger partial charge in [-0.3, -0.25) is 4.31 Å². The van der Waals surface area contributed by atoms with Gasteiger partial charge in [-0.2, -0.15) is 0 Å². The number of benzene rings is 2. The lowest BCUT2D eigenvalue weighted by Gasteiger charge is -2.45. The molecule has 2 aliphatic rings. The SMILES string of the molecule is CN(C)S(=O)(=O)c1ccc(S(=O)(=O)N2CCC3(CCCCC3)c3ccccc32)cc1. The fourth-order valence-electron chi connectivity index (χ4n) is 4.83. The largest absolute Gasteiger partial charge is 0.266 e. The summed E-state index contributed by atoms with van der Waals surface area (Å²) in [4.78, 5) is 0.182. The summed E-state index contributed by atoms with van der Waals surface area (Å²) in [6.45, 7) is 0.442. The van der Waals surface area contributed by atoms with Gasteiger partial charge in [-0.1, -0.05) is 37.5 Å². The second kappa shape index (κ2) is 7.66. The second-order valence-electron chi connectivity index (χ2n) is 8.44. The molecule has 0 bridgehead atoms. The third-order valence-electron chi connectivity index (χ3n) is 6.54. The molecule has 0 unspecified atom stereocenters. The molecule has 6 nitrogen and oxygen atoms in total. The molecule has 0 N–H and O–H groups in total. The lowest BCUT2D eigenvalue weighted by atomic mass is 9.65. The molecule has 1 aliphatic carbocycles. The van der Waals surface area contributed by atoms with E-state index in [4.69, 9.17) is 0 Å². The van der Waals surface area contributed by atoms with Gasteiger partial charge >= 0.3 is 0 Å². The maximum Gasteiger partial charge on any atom is 0.264 e. The van der Waals surface area contributed by atoms with Crippen LogP contribution in [0, 0.1) is 0 Å². The van der Waals surface area contributed by atoms with Crippen molar-refractivity contribution in [3.63, 3.8) is 0 Å². The molecule has 0 saturated heterocycles. The molecule has 0 radical (unpaired) electrons. The van der Waals surface area contributed by atoms with Gasteiger partial charge in [-0.15, -0.1) is 0 Å². The zero-order valence-electron chi connectivity index (χ0n) is 17.4. The molecule has 0 atom stereocenters. The van der Waals surface area contributed by atoms with Gasteiger partial charge in [0.1, 0.15) is 0 Å². The first-order chi connectivity index (χ1) is 14.2. The topological polar surface area (TPSA) is 74.8 Å². The van der Waals surface area contributed by atoms with Crippen LogP contribution in [0.3, 0.4) is 0 Å². The van der Waals surface area contributed by atoms with Gasteiger partial charge in [0.15, 0.2) is 0 Å². The van der Waals surface area contributed by atoms with Crippen molar-refractivity contribution in [1.82, 2.24) is 4.31 Å². The molecule has 0 amide bonds. The van der Waals surface area contributed by atoms with Crippen LogP contribution in [0.25, 0.3) is 0 Å². The van der Waals surface area contributed by atoms with Gasteiger partial charge in [0, 0.05) is 20.6 Å². The van der Waals surface area contributed by atoms with Gasteiger partial charge in [0.05, 0.1) is 15.5 Å². The summed E-state index contributed by atoms with van der Waals surface area (Å²) < 4.78 is 54.2. The van der Waals surface area contributed by atoms with E-state index < -0.39 is 20.0 Å². The molecule has 1 saturated carbocycles. The van der Waals surface area contributed by atoms with E-state index in [-0.39, 0.29) is 15.2 Å². The first kappa shape index (κ1) is 21.3. The van der Waals surface area contributed by atoms with E-state index in [9.17, 15) is 16.8 Å². The van der Waals surface area contributed by atoms with E-state index in [0.717, 1.165) is 34.8 Å². The highest BCUT2D eigenvalue weighted by atomic mass is 32.2. The number of sulfonamides is 2. The highest BCUT2D eigenvalue weighted by Gasteiger charge is 2.42. The van der Waals surface area contributed by atoms with E-state index >= 15 is 0 Å². The number of para-hydroxylation sites is 1. The molecular weight excluding hydrogens is 420 g/mol. The molecule has 30 heavy (non-hydrogen) atoms. The van der Waals surface area contributed by atoms with Crippen LogP contribution < -0.4 is 4.31 Å². The molecule has 162 valence electrons. The van der Waals surface area contributed by atoms with E-state index in [1.807, 2.05) is 18.2 Å². The Bertz CT molecular complexity index is 1130. The van der Waals surface area contributed by atoms with Crippen LogP contribution in [0.5, 0.6) is 0 Å². The van der Waals surface area contributed by atoms with E-state index in [0.29, 0.717) is 6.54 Å². The molecule has 1 fully saturated rings. The minimum absolute atomic E-state index is 0.0739. The van der Waals surface area contributed by atoms with Crippen LogP contribution in [0.4, 0.5) is 5.69 Å². The lowest BCUT2D eigenvalue weighted by molar-refractivity contribution is 0.271. The van der Waals surface area contributed by atoms with E-state index in [1.165, 1.54) is 61.9 Å². The molecule has 2 aromatic carbocycles. The summed E-state index contributed by atoms with van der Waals surface area (Å²) in [5.74, 6) is 0. The molecule has 1 spiro atoms. The summed E-state index contributed by atoms with van der Waals surface area (Å²) in [6, 6.07) is 13.4. The van der Waals surface area contributed by atoms with Gasteiger partial charge in [-0.05, 0) is 60.6 Å². The minimum atomic E-state index is -3.79. The maximum atomic E-state index is 13.5. The molecule has 4 rings (SSSR count). The highest BCUT2D eigenvalue weighted by molar-refractivity contribution is 7.93. The lowest BCUT2D eigenvalue weighted by Crippen LogP contribution is -2.44. The Morgan fingerprint density at radius 3 is 2.03 bits per heavy atom. The van der Waals surface area contributed by atoms with Crippen LogP contribution >= 0.6 is 0 Å². The van der Waals surface area contributed by atoms with Crippen molar-refractivity contribution in [1.29, 1.82) is 0 Å². The predicted molar refractivity (Wildman–Crippen MR) is 118 cm³/mol. The first-order valence-corrected chi connectivity index (χ1v) is 13.2. The van der Waals surface area contributed by atoms with Gasteiger partial charge < -0.3 is 0 Å². The fraction of sp³-hybridized carbons (Fsp3) is 0.455. The normalized spacial score (nSPS) is 19.1. The second-order valence-corrected chi connectivity index (χ2v) is 12.5. The zero-order chi connectivity index (χ0) is 21.6. The number of hydrogen-bond acceptors (Lipinski definition) is 4. The van der Waals surface area contributed by atoms with Crippen molar-refractivity contribution in [2.45, 2.75) is 53.7 Å². The average molecular weight is 449 g/mol. The van der Waals surface area contributed by atoms with Crippen LogP contribution in [0.15, 0.2) is 58.3 Å². The van der Waals surface area contributed by atoms with Crippen LogP contribution in [-0.4, -0.2) is 41.8 Å². The smallest absolute Gasteiger partial charge is 0.264 e. The van der Waals surface area contributed by atoms with Crippen LogP contribution in [0.2, 0.25) is 0 Å². The van der Waals surface area contributed by atoms with Gasteiger partial charge in [-0.25, -0.2) is 21.1 Å². The molecule has 0 aromatic heterocycles. The monoisotopic (exact) mass is 448 g/mol. The van der Waals surface area contributed by atoms with Crippen molar-refractivity contribution in [3.8, 4) is 0 Å². The third kappa shape index (κ3) is 3.44. The third-order valence-corrected chi connectivity index (χ3v) is 10.2. The molecule has 8 heteroatoms. The zero-order valence-corrected chi connectivity index (χ0v) is 19.0. The summed E-state index contributed by atoms with van der Waals surface area (Å²) in [6.07, 6.45) is 6.64. The van der Waals surface area contributed by atoms with Gasteiger partial charge in [0.2, 0.25) is 10.0 Å². The van der Waals surface area contributed by atoms with E-state index in [2.05, 4.69) is 6.07 Å². The molecule has 1 heterocycles. The average Bonchev–Trinajstić information content (AvgIpc) is 2.74. The number of rotatable bonds is 4. The predicted octanol–water partition coefficient (Wildman–Crippen LogP) is 3.74. The Morgan fingerprint density at radius 2 is 1.40 bits per heavy atom. The fourth-order valence-corrected chi connectivity index (χ4v) is 7.22. The maximum absolute atomic E-state index is 13.5. The Balaban J connectivity index is 1.72. The first-order valence-electron chi connectivity index (χ1n) is 10.3. The quantitative estimate of drug-likeness (QED) is 0.714. The Morgan fingerprint density at radius 1 is 0.800 bits per heavy atom. The molecule has 2 aromatic rings. The van der Waals surface area contributed by atoms with Crippen molar-refractivity contribution in [2.75, 3.05) is 24.9 Å². The Hall–Kier alpha value is -1.90. The summed E-state index contributed by atoms with van der Waals surface area (Å²) in [5, 5.41) is 0. The van der Waals surface area contributed by atoms with E-state index in [1.54, 1.807) is 0 Å². The van der Waals surface area contributed by atoms with Crippen molar-refractivity contribution < 1.29 is 16.8 Å². The van der Waals surface area contributed by atoms with Crippen molar-refractivity contribution in [2.24, 2.45) is 0 Å².